The lowest BCUT2D eigenvalue weighted by Crippen LogP contribution is -2.45. The van der Waals surface area contributed by atoms with Gasteiger partial charge in [-0.2, -0.15) is 0 Å². The van der Waals surface area contributed by atoms with Gasteiger partial charge < -0.3 is 10.0 Å². The van der Waals surface area contributed by atoms with Crippen LogP contribution in [0.25, 0.3) is 10.8 Å². The highest BCUT2D eigenvalue weighted by Crippen LogP contribution is 2.33. The van der Waals surface area contributed by atoms with E-state index >= 15 is 0 Å². The van der Waals surface area contributed by atoms with Gasteiger partial charge in [0.1, 0.15) is 11.4 Å². The minimum Gasteiger partial charge on any atom is -0.384 e. The highest BCUT2D eigenvalue weighted by atomic mass is 35.5. The molecule has 0 amide bonds. The number of rotatable bonds is 4. The van der Waals surface area contributed by atoms with Crippen LogP contribution in [0.4, 0.5) is 4.39 Å². The summed E-state index contributed by atoms with van der Waals surface area (Å²) in [6.07, 6.45) is 0.624. The molecule has 0 spiro atoms. The van der Waals surface area contributed by atoms with E-state index < -0.39 is 5.60 Å². The summed E-state index contributed by atoms with van der Waals surface area (Å²) in [6, 6.07) is 10.4. The monoisotopic (exact) mass is 311 g/mol. The van der Waals surface area contributed by atoms with Crippen molar-refractivity contribution in [3.63, 3.8) is 0 Å². The summed E-state index contributed by atoms with van der Waals surface area (Å²) in [5, 5.41) is 12.8. The average molecular weight is 312 g/mol. The van der Waals surface area contributed by atoms with Crippen LogP contribution >= 0.6 is 12.4 Å². The van der Waals surface area contributed by atoms with E-state index in [0.717, 1.165) is 16.3 Å². The summed E-state index contributed by atoms with van der Waals surface area (Å²) in [5.74, 6) is -0.238. The van der Waals surface area contributed by atoms with Crippen LogP contribution in [0.3, 0.4) is 0 Å². The summed E-state index contributed by atoms with van der Waals surface area (Å²) in [7, 11) is 3.92. The van der Waals surface area contributed by atoms with Gasteiger partial charge in [-0.05, 0) is 62.0 Å². The summed E-state index contributed by atoms with van der Waals surface area (Å²) in [4.78, 5) is 2.01. The van der Waals surface area contributed by atoms with E-state index in [2.05, 4.69) is 0 Å². The minimum atomic E-state index is -0.911. The van der Waals surface area contributed by atoms with E-state index in [1.165, 1.54) is 12.1 Å². The Hall–Kier alpha value is -1.16. The van der Waals surface area contributed by atoms with Gasteiger partial charge in [0.2, 0.25) is 0 Å². The normalized spacial score (nSPS) is 15.6. The highest BCUT2D eigenvalue weighted by Gasteiger charge is 2.35. The fraction of sp³-hybridized carbons (Fsp3) is 0.412. The molecule has 2 nitrogen and oxygen atoms in total. The first-order valence-electron chi connectivity index (χ1n) is 6.97. The van der Waals surface area contributed by atoms with Gasteiger partial charge in [-0.3, -0.25) is 0 Å². The second-order valence-corrected chi connectivity index (χ2v) is 5.62. The Bertz CT molecular complexity index is 617. The number of nitrogens with zero attached hydrogens (tertiary/aromatic N) is 1. The van der Waals surface area contributed by atoms with E-state index in [1.54, 1.807) is 6.07 Å². The first kappa shape index (κ1) is 17.9. The van der Waals surface area contributed by atoms with Gasteiger partial charge in [-0.25, -0.2) is 4.39 Å². The van der Waals surface area contributed by atoms with E-state index in [-0.39, 0.29) is 24.3 Å². The molecule has 0 radical (unpaired) electrons. The van der Waals surface area contributed by atoms with Crippen LogP contribution in [0.15, 0.2) is 36.4 Å². The van der Waals surface area contributed by atoms with E-state index in [1.807, 2.05) is 51.0 Å². The molecule has 0 aromatic heterocycles. The van der Waals surface area contributed by atoms with Gasteiger partial charge in [0.05, 0.1) is 0 Å². The van der Waals surface area contributed by atoms with E-state index in [9.17, 15) is 9.50 Å². The molecule has 0 heterocycles. The lowest BCUT2D eigenvalue weighted by atomic mass is 9.83. The summed E-state index contributed by atoms with van der Waals surface area (Å²) < 4.78 is 13.2. The third-order valence-corrected chi connectivity index (χ3v) is 4.31. The maximum atomic E-state index is 13.2. The average Bonchev–Trinajstić information content (AvgIpc) is 2.44. The number of aliphatic hydroxyl groups is 1. The Morgan fingerprint density at radius 2 is 1.71 bits per heavy atom. The Morgan fingerprint density at radius 1 is 1.14 bits per heavy atom. The van der Waals surface area contributed by atoms with Crippen LogP contribution in [-0.2, 0) is 5.60 Å². The summed E-state index contributed by atoms with van der Waals surface area (Å²) >= 11 is 0. The van der Waals surface area contributed by atoms with Gasteiger partial charge >= 0.3 is 0 Å². The van der Waals surface area contributed by atoms with Crippen LogP contribution in [-0.4, -0.2) is 30.1 Å². The van der Waals surface area contributed by atoms with Gasteiger partial charge in [0, 0.05) is 6.04 Å². The first-order valence-corrected chi connectivity index (χ1v) is 6.97. The zero-order valence-electron chi connectivity index (χ0n) is 12.9. The fourth-order valence-corrected chi connectivity index (χ4v) is 2.65. The molecule has 0 fully saturated rings. The third-order valence-electron chi connectivity index (χ3n) is 4.31. The quantitative estimate of drug-likeness (QED) is 0.924. The van der Waals surface area contributed by atoms with Crippen molar-refractivity contribution in [3.05, 3.63) is 47.8 Å². The van der Waals surface area contributed by atoms with E-state index in [0.29, 0.717) is 6.42 Å². The summed E-state index contributed by atoms with van der Waals surface area (Å²) in [5.41, 5.74) is -0.0354. The van der Waals surface area contributed by atoms with Crippen molar-refractivity contribution in [1.82, 2.24) is 4.90 Å². The van der Waals surface area contributed by atoms with Crippen molar-refractivity contribution in [2.24, 2.45) is 0 Å². The largest absolute Gasteiger partial charge is 0.384 e. The van der Waals surface area contributed by atoms with Crippen molar-refractivity contribution < 1.29 is 9.50 Å². The fourth-order valence-electron chi connectivity index (χ4n) is 2.65. The molecular formula is C17H23ClFNO. The zero-order chi connectivity index (χ0) is 14.9. The molecular weight excluding hydrogens is 289 g/mol. The van der Waals surface area contributed by atoms with Crippen molar-refractivity contribution in [3.8, 4) is 0 Å². The topological polar surface area (TPSA) is 23.5 Å². The Morgan fingerprint density at radius 3 is 2.29 bits per heavy atom. The van der Waals surface area contributed by atoms with Gasteiger partial charge in [0.15, 0.2) is 0 Å². The minimum absolute atomic E-state index is 0. The number of hydrogen-bond donors (Lipinski definition) is 1. The van der Waals surface area contributed by atoms with Crippen LogP contribution < -0.4 is 0 Å². The van der Waals surface area contributed by atoms with Gasteiger partial charge in [0.25, 0.3) is 0 Å². The number of likely N-dealkylation sites (N-methyl/N-ethyl adjacent to an activating group) is 1. The lowest BCUT2D eigenvalue weighted by Gasteiger charge is -2.38. The maximum Gasteiger partial charge on any atom is 0.123 e. The number of hydrogen-bond acceptors (Lipinski definition) is 2. The van der Waals surface area contributed by atoms with Crippen LogP contribution in [0, 0.1) is 5.82 Å². The first-order chi connectivity index (χ1) is 9.38. The second-order valence-electron chi connectivity index (χ2n) is 5.62. The molecule has 116 valence electrons. The number of fused-ring (bicyclic) bond motifs is 1. The van der Waals surface area contributed by atoms with Crippen LogP contribution in [0.1, 0.15) is 25.8 Å². The van der Waals surface area contributed by atoms with Crippen molar-refractivity contribution in [1.29, 1.82) is 0 Å². The number of benzene rings is 2. The molecule has 0 aliphatic heterocycles. The van der Waals surface area contributed by atoms with Gasteiger partial charge in [-0.1, -0.05) is 25.1 Å². The SMILES string of the molecule is CC[C@@](O)(c1ccc2cc(F)ccc2c1)[C@H](C)N(C)C.Cl. The highest BCUT2D eigenvalue weighted by molar-refractivity contribution is 5.85. The Labute approximate surface area is 132 Å². The molecule has 2 rings (SSSR count). The van der Waals surface area contributed by atoms with Crippen LogP contribution in [0.5, 0.6) is 0 Å². The Balaban J connectivity index is 0.00000220. The number of halogens is 2. The molecule has 0 aliphatic carbocycles. The molecule has 4 heteroatoms. The maximum absolute atomic E-state index is 13.2. The molecule has 2 aromatic carbocycles. The molecule has 2 atom stereocenters. The second kappa shape index (κ2) is 6.73. The molecule has 0 unspecified atom stereocenters. The smallest absolute Gasteiger partial charge is 0.123 e. The molecule has 1 N–H and O–H groups in total. The van der Waals surface area contributed by atoms with Crippen molar-refractivity contribution in [2.75, 3.05) is 14.1 Å². The molecule has 0 saturated carbocycles. The zero-order valence-corrected chi connectivity index (χ0v) is 13.7. The molecule has 0 aliphatic rings. The standard InChI is InChI=1S/C17H22FNO.ClH/c1-5-17(20,12(2)19(3)4)15-8-6-14-11-16(18)9-7-13(14)10-15;/h6-12,20H,5H2,1-4H3;1H/t12-,17-;/m0./s1. The molecule has 21 heavy (non-hydrogen) atoms. The lowest BCUT2D eigenvalue weighted by molar-refractivity contribution is -0.0347. The van der Waals surface area contributed by atoms with E-state index in [4.69, 9.17) is 0 Å². The Kier molecular flexibility index (Phi) is 5.74. The molecule has 2 aromatic rings. The third kappa shape index (κ3) is 3.37. The summed E-state index contributed by atoms with van der Waals surface area (Å²) in [6.45, 7) is 3.99. The molecule has 0 saturated heterocycles. The van der Waals surface area contributed by atoms with Crippen LogP contribution in [0.2, 0.25) is 0 Å². The van der Waals surface area contributed by atoms with Crippen molar-refractivity contribution >= 4 is 23.2 Å². The molecule has 0 bridgehead atoms. The predicted molar refractivity (Wildman–Crippen MR) is 88.5 cm³/mol. The predicted octanol–water partition coefficient (Wildman–Crippen LogP) is 3.95. The van der Waals surface area contributed by atoms with Gasteiger partial charge in [-0.15, -0.1) is 12.4 Å². The van der Waals surface area contributed by atoms with Crippen molar-refractivity contribution in [2.45, 2.75) is 31.9 Å².